The lowest BCUT2D eigenvalue weighted by atomic mass is 10.2. The molecule has 1 atom stereocenters. The molecule has 0 aliphatic heterocycles. The van der Waals surface area contributed by atoms with Crippen LogP contribution in [0.2, 0.25) is 0 Å². The molecule has 0 aliphatic carbocycles. The lowest BCUT2D eigenvalue weighted by molar-refractivity contribution is 0.0937. The monoisotopic (exact) mass is 294 g/mol. The zero-order valence-electron chi connectivity index (χ0n) is 9.14. The zero-order chi connectivity index (χ0) is 12.3. The summed E-state index contributed by atoms with van der Waals surface area (Å²) < 4.78 is 0.532. The summed E-state index contributed by atoms with van der Waals surface area (Å²) >= 11 is 3.24. The zero-order valence-corrected chi connectivity index (χ0v) is 10.7. The summed E-state index contributed by atoms with van der Waals surface area (Å²) in [6, 6.07) is 3.25. The Morgan fingerprint density at radius 2 is 2.29 bits per heavy atom. The number of nitrogens with one attached hydrogen (secondary N) is 2. The molecule has 1 amide bonds. The van der Waals surface area contributed by atoms with Gasteiger partial charge in [0.05, 0.1) is 11.6 Å². The van der Waals surface area contributed by atoms with Crippen molar-refractivity contribution in [1.82, 2.24) is 20.3 Å². The number of amides is 1. The number of aromatic amines is 1. The fraction of sp³-hybridized carbons (Fsp3) is 0.182. The Labute approximate surface area is 107 Å². The third-order valence-corrected chi connectivity index (χ3v) is 2.91. The van der Waals surface area contributed by atoms with Crippen LogP contribution in [-0.4, -0.2) is 20.9 Å². The molecule has 0 radical (unpaired) electrons. The van der Waals surface area contributed by atoms with Gasteiger partial charge in [0.25, 0.3) is 5.91 Å². The number of nitrogens with zero attached hydrogens (tertiary/aromatic N) is 2. The van der Waals surface area contributed by atoms with Crippen LogP contribution in [0.1, 0.15) is 29.1 Å². The first-order chi connectivity index (χ1) is 8.18. The van der Waals surface area contributed by atoms with E-state index in [9.17, 15) is 4.79 Å². The topological polar surface area (TPSA) is 70.7 Å². The Hall–Kier alpha value is -1.69. The smallest absolute Gasteiger partial charge is 0.254 e. The van der Waals surface area contributed by atoms with Gasteiger partial charge in [0.1, 0.15) is 10.4 Å². The molecule has 88 valence electrons. The maximum absolute atomic E-state index is 11.9. The molecule has 0 aliphatic rings. The third-order valence-electron chi connectivity index (χ3n) is 2.28. The molecule has 17 heavy (non-hydrogen) atoms. The molecule has 2 heterocycles. The molecule has 1 unspecified atom stereocenters. The second kappa shape index (κ2) is 5.09. The van der Waals surface area contributed by atoms with Crippen molar-refractivity contribution in [2.75, 3.05) is 0 Å². The van der Waals surface area contributed by atoms with E-state index < -0.39 is 0 Å². The minimum Gasteiger partial charge on any atom is -0.347 e. The minimum absolute atomic E-state index is 0.176. The fourth-order valence-corrected chi connectivity index (χ4v) is 1.84. The number of H-pyrrole nitrogens is 1. The summed E-state index contributed by atoms with van der Waals surface area (Å²) in [5.41, 5.74) is 0.505. The van der Waals surface area contributed by atoms with Gasteiger partial charge in [-0.25, -0.2) is 9.97 Å². The van der Waals surface area contributed by atoms with Crippen molar-refractivity contribution >= 4 is 21.8 Å². The summed E-state index contributed by atoms with van der Waals surface area (Å²) in [5, 5.41) is 2.84. The van der Waals surface area contributed by atoms with Crippen LogP contribution in [0, 0.1) is 0 Å². The minimum atomic E-state index is -0.186. The van der Waals surface area contributed by atoms with Gasteiger partial charge in [-0.2, -0.15) is 0 Å². The van der Waals surface area contributed by atoms with Crippen molar-refractivity contribution in [2.45, 2.75) is 13.0 Å². The highest BCUT2D eigenvalue weighted by atomic mass is 79.9. The summed E-state index contributed by atoms with van der Waals surface area (Å²) in [6.07, 6.45) is 4.99. The van der Waals surface area contributed by atoms with E-state index in [-0.39, 0.29) is 11.9 Å². The molecule has 2 N–H and O–H groups in total. The molecule has 6 heteroatoms. The number of pyridine rings is 1. The molecular weight excluding hydrogens is 284 g/mol. The Morgan fingerprint density at radius 1 is 1.47 bits per heavy atom. The molecule has 0 aromatic carbocycles. The SMILES string of the molecule is CC(NC(=O)c1cccnc1Br)c1ncc[nH]1. The lowest BCUT2D eigenvalue weighted by Gasteiger charge is -2.11. The van der Waals surface area contributed by atoms with Crippen molar-refractivity contribution < 1.29 is 4.79 Å². The van der Waals surface area contributed by atoms with Crippen LogP contribution >= 0.6 is 15.9 Å². The Bertz CT molecular complexity index is 512. The van der Waals surface area contributed by atoms with Gasteiger partial charge in [-0.1, -0.05) is 0 Å². The summed E-state index contributed by atoms with van der Waals surface area (Å²) in [7, 11) is 0. The van der Waals surface area contributed by atoms with Gasteiger partial charge in [0, 0.05) is 18.6 Å². The molecule has 0 saturated heterocycles. The van der Waals surface area contributed by atoms with Gasteiger partial charge in [0.15, 0.2) is 0 Å². The number of hydrogen-bond donors (Lipinski definition) is 2. The van der Waals surface area contributed by atoms with E-state index >= 15 is 0 Å². The normalized spacial score (nSPS) is 12.1. The first-order valence-electron chi connectivity index (χ1n) is 5.09. The molecule has 0 fully saturated rings. The van der Waals surface area contributed by atoms with Crippen molar-refractivity contribution in [2.24, 2.45) is 0 Å². The van der Waals surface area contributed by atoms with Crippen LogP contribution in [0.25, 0.3) is 0 Å². The summed E-state index contributed by atoms with van der Waals surface area (Å²) in [6.45, 7) is 1.86. The summed E-state index contributed by atoms with van der Waals surface area (Å²) in [4.78, 5) is 23.0. The third kappa shape index (κ3) is 2.71. The van der Waals surface area contributed by atoms with Crippen LogP contribution in [0.15, 0.2) is 35.3 Å². The first kappa shape index (κ1) is 11.8. The summed E-state index contributed by atoms with van der Waals surface area (Å²) in [5.74, 6) is 0.534. The van der Waals surface area contributed by atoms with E-state index in [2.05, 4.69) is 36.2 Å². The number of halogens is 1. The van der Waals surface area contributed by atoms with Crippen molar-refractivity contribution in [3.63, 3.8) is 0 Å². The van der Waals surface area contributed by atoms with Crippen LogP contribution in [0.4, 0.5) is 0 Å². The van der Waals surface area contributed by atoms with Gasteiger partial charge < -0.3 is 10.3 Å². The second-order valence-corrected chi connectivity index (χ2v) is 4.26. The number of rotatable bonds is 3. The average Bonchev–Trinajstić information content (AvgIpc) is 2.82. The van der Waals surface area contributed by atoms with Gasteiger partial charge in [-0.15, -0.1) is 0 Å². The van der Waals surface area contributed by atoms with Crippen LogP contribution in [-0.2, 0) is 0 Å². The number of imidazole rings is 1. The second-order valence-electron chi connectivity index (χ2n) is 3.51. The van der Waals surface area contributed by atoms with Gasteiger partial charge in [0.2, 0.25) is 0 Å². The number of aromatic nitrogens is 3. The van der Waals surface area contributed by atoms with Crippen molar-refractivity contribution in [3.8, 4) is 0 Å². The van der Waals surface area contributed by atoms with Crippen LogP contribution in [0.3, 0.4) is 0 Å². The number of hydrogen-bond acceptors (Lipinski definition) is 3. The van der Waals surface area contributed by atoms with Gasteiger partial charge in [-0.05, 0) is 35.0 Å². The molecule has 2 aromatic heterocycles. The van der Waals surface area contributed by atoms with Crippen LogP contribution < -0.4 is 5.32 Å². The molecular formula is C11H11BrN4O. The van der Waals surface area contributed by atoms with Crippen molar-refractivity contribution in [3.05, 3.63) is 46.7 Å². The van der Waals surface area contributed by atoms with E-state index in [1.54, 1.807) is 30.7 Å². The highest BCUT2D eigenvalue weighted by Crippen LogP contribution is 2.14. The molecule has 5 nitrogen and oxygen atoms in total. The maximum atomic E-state index is 11.9. The molecule has 0 bridgehead atoms. The van der Waals surface area contributed by atoms with E-state index in [0.717, 1.165) is 5.82 Å². The van der Waals surface area contributed by atoms with E-state index in [4.69, 9.17) is 0 Å². The van der Waals surface area contributed by atoms with E-state index in [1.807, 2.05) is 6.92 Å². The standard InChI is InChI=1S/C11H11BrN4O/c1-7(10-14-5-6-15-10)16-11(17)8-3-2-4-13-9(8)12/h2-7H,1H3,(H,14,15)(H,16,17). The Morgan fingerprint density at radius 3 is 2.94 bits per heavy atom. The molecule has 0 spiro atoms. The quantitative estimate of drug-likeness (QED) is 0.851. The predicted octanol–water partition coefficient (Wildman–Crippen LogP) is 2.06. The predicted molar refractivity (Wildman–Crippen MR) is 66.4 cm³/mol. The molecule has 0 saturated carbocycles. The highest BCUT2D eigenvalue weighted by molar-refractivity contribution is 9.10. The maximum Gasteiger partial charge on any atom is 0.254 e. The van der Waals surface area contributed by atoms with E-state index in [1.165, 1.54) is 0 Å². The first-order valence-corrected chi connectivity index (χ1v) is 5.88. The van der Waals surface area contributed by atoms with Gasteiger partial charge in [-0.3, -0.25) is 4.79 Å². The van der Waals surface area contributed by atoms with Crippen LogP contribution in [0.5, 0.6) is 0 Å². The number of carbonyl (C=O) groups excluding carboxylic acids is 1. The molecule has 2 aromatic rings. The lowest BCUT2D eigenvalue weighted by Crippen LogP contribution is -2.27. The Kier molecular flexibility index (Phi) is 3.53. The largest absolute Gasteiger partial charge is 0.347 e. The van der Waals surface area contributed by atoms with Crippen molar-refractivity contribution in [1.29, 1.82) is 0 Å². The van der Waals surface area contributed by atoms with Gasteiger partial charge >= 0.3 is 0 Å². The fourth-order valence-electron chi connectivity index (χ4n) is 1.41. The molecule has 2 rings (SSSR count). The average molecular weight is 295 g/mol. The number of carbonyl (C=O) groups is 1. The Balaban J connectivity index is 2.10. The van der Waals surface area contributed by atoms with E-state index in [0.29, 0.717) is 10.2 Å². The highest BCUT2D eigenvalue weighted by Gasteiger charge is 2.15.